The first-order valence-corrected chi connectivity index (χ1v) is 13.8. The Balaban J connectivity index is 1.86. The average Bonchev–Trinajstić information content (AvgIpc) is 3.03. The van der Waals surface area contributed by atoms with Gasteiger partial charge in [-0.3, -0.25) is 19.9 Å². The van der Waals surface area contributed by atoms with Gasteiger partial charge in [0.15, 0.2) is 0 Å². The van der Waals surface area contributed by atoms with Crippen LogP contribution in [0, 0.1) is 19.3 Å². The molecular weight excluding hydrogens is 500 g/mol. The number of carbonyl (C=O) groups excluding carboxylic acids is 3. The summed E-state index contributed by atoms with van der Waals surface area (Å²) in [6, 6.07) is 23.3. The maximum Gasteiger partial charge on any atom is 0.320 e. The van der Waals surface area contributed by atoms with Crippen molar-refractivity contribution in [3.05, 3.63) is 101 Å². The monoisotopic (exact) mass is 540 g/mol. The molecule has 3 unspecified atom stereocenters. The minimum absolute atomic E-state index is 0.0849. The molecule has 3 aromatic carbocycles. The fourth-order valence-corrected chi connectivity index (χ4v) is 5.45. The third-order valence-corrected chi connectivity index (χ3v) is 7.56. The number of hydrogen-bond donors (Lipinski definition) is 2. The Morgan fingerprint density at radius 2 is 1.50 bits per heavy atom. The van der Waals surface area contributed by atoms with Crippen LogP contribution in [0.25, 0.3) is 0 Å². The lowest BCUT2D eigenvalue weighted by molar-refractivity contribution is -0.145. The second-order valence-electron chi connectivity index (χ2n) is 12.0. The number of amides is 4. The third-order valence-electron chi connectivity index (χ3n) is 7.56. The summed E-state index contributed by atoms with van der Waals surface area (Å²) in [4.78, 5) is 42.2. The van der Waals surface area contributed by atoms with Gasteiger partial charge in [0.05, 0.1) is 6.04 Å². The van der Waals surface area contributed by atoms with Crippen molar-refractivity contribution in [1.82, 2.24) is 10.4 Å². The van der Waals surface area contributed by atoms with E-state index in [1.807, 2.05) is 113 Å². The molecular formula is C33H40N4O3. The Kier molecular flexibility index (Phi) is 8.62. The first kappa shape index (κ1) is 28.9. The average molecular weight is 541 g/mol. The van der Waals surface area contributed by atoms with E-state index in [2.05, 4.69) is 5.43 Å². The van der Waals surface area contributed by atoms with E-state index in [-0.39, 0.29) is 29.6 Å². The fourth-order valence-electron chi connectivity index (χ4n) is 5.45. The lowest BCUT2D eigenvalue weighted by atomic mass is 9.86. The van der Waals surface area contributed by atoms with Gasteiger partial charge >= 0.3 is 6.03 Å². The van der Waals surface area contributed by atoms with E-state index in [0.29, 0.717) is 18.5 Å². The Labute approximate surface area is 237 Å². The number of hydrazine groups is 1. The Morgan fingerprint density at radius 3 is 2.05 bits per heavy atom. The van der Waals surface area contributed by atoms with Crippen LogP contribution in [0.15, 0.2) is 78.9 Å². The molecule has 0 spiro atoms. The van der Waals surface area contributed by atoms with E-state index in [1.54, 1.807) is 0 Å². The molecule has 7 heteroatoms. The van der Waals surface area contributed by atoms with Crippen molar-refractivity contribution in [2.45, 2.75) is 71.9 Å². The highest BCUT2D eigenvalue weighted by atomic mass is 16.2. The van der Waals surface area contributed by atoms with Gasteiger partial charge in [-0.15, -0.1) is 0 Å². The number of nitrogens with zero attached hydrogens (tertiary/aromatic N) is 2. The molecule has 1 saturated heterocycles. The summed E-state index contributed by atoms with van der Waals surface area (Å²) >= 11 is 0. The fraction of sp³-hybridized carbons (Fsp3) is 0.364. The molecule has 4 rings (SSSR count). The number of nitrogens with two attached hydrogens (primary N) is 1. The zero-order chi connectivity index (χ0) is 29.0. The molecule has 1 fully saturated rings. The van der Waals surface area contributed by atoms with Crippen LogP contribution in [0.4, 0.5) is 10.5 Å². The predicted molar refractivity (Wildman–Crippen MR) is 158 cm³/mol. The smallest absolute Gasteiger partial charge is 0.320 e. The lowest BCUT2D eigenvalue weighted by Crippen LogP contribution is -2.57. The molecule has 40 heavy (non-hydrogen) atoms. The second-order valence-corrected chi connectivity index (χ2v) is 12.0. The zero-order valence-electron chi connectivity index (χ0n) is 24.1. The number of carbonyl (C=O) groups is 3. The number of aryl methyl sites for hydroxylation is 2. The van der Waals surface area contributed by atoms with Gasteiger partial charge in [-0.1, -0.05) is 87.5 Å². The number of nitrogens with one attached hydrogen (secondary N) is 1. The zero-order valence-corrected chi connectivity index (χ0v) is 24.1. The Hall–Kier alpha value is -4.13. The van der Waals surface area contributed by atoms with Crippen LogP contribution in [-0.2, 0) is 9.59 Å². The maximum absolute atomic E-state index is 14.5. The molecule has 0 radical (unpaired) electrons. The summed E-state index contributed by atoms with van der Waals surface area (Å²) in [7, 11) is 0. The molecule has 7 nitrogen and oxygen atoms in total. The van der Waals surface area contributed by atoms with Crippen LogP contribution in [0.3, 0.4) is 0 Å². The molecule has 3 N–H and O–H groups in total. The van der Waals surface area contributed by atoms with E-state index in [4.69, 9.17) is 5.73 Å². The van der Waals surface area contributed by atoms with Crippen molar-refractivity contribution in [2.75, 3.05) is 4.90 Å². The number of anilines is 1. The highest BCUT2D eigenvalue weighted by Crippen LogP contribution is 2.40. The van der Waals surface area contributed by atoms with Gasteiger partial charge in [0, 0.05) is 12.1 Å². The Bertz CT molecular complexity index is 1350. The van der Waals surface area contributed by atoms with Crippen LogP contribution < -0.4 is 16.1 Å². The molecule has 0 bridgehead atoms. The summed E-state index contributed by atoms with van der Waals surface area (Å²) in [5.74, 6) is -0.708. The number of rotatable bonds is 6. The van der Waals surface area contributed by atoms with Gasteiger partial charge in [0.25, 0.3) is 5.91 Å². The number of hydrogen-bond acceptors (Lipinski definition) is 3. The topological polar surface area (TPSA) is 95.7 Å². The van der Waals surface area contributed by atoms with Gasteiger partial charge in [-0.25, -0.2) is 9.80 Å². The first-order valence-electron chi connectivity index (χ1n) is 13.8. The number of benzene rings is 3. The van der Waals surface area contributed by atoms with Crippen molar-refractivity contribution < 1.29 is 14.4 Å². The molecule has 4 amide bonds. The molecule has 1 aliphatic rings. The van der Waals surface area contributed by atoms with Gasteiger partial charge in [-0.2, -0.15) is 0 Å². The van der Waals surface area contributed by atoms with Gasteiger partial charge < -0.3 is 5.73 Å². The van der Waals surface area contributed by atoms with Gasteiger partial charge in [0.1, 0.15) is 6.04 Å². The van der Waals surface area contributed by atoms with Gasteiger partial charge in [0.2, 0.25) is 5.91 Å². The standard InChI is InChI=1S/C33H40N4O3/c1-22-16-17-27(18-23(22)2)36(32(34)40)29-20-26(24-12-8-6-9-13-24)19-28(25-14-10-7-11-15-25)37(31(29)39)35-30(38)21-33(3,4)5/h6-18,26,28-29H,19-21H2,1-5H3,(H2,34,40)(H,35,38). The van der Waals surface area contributed by atoms with E-state index >= 15 is 0 Å². The first-order chi connectivity index (χ1) is 18.9. The number of primary amides is 1. The quantitative estimate of drug-likeness (QED) is 0.391. The molecule has 3 aromatic rings. The molecule has 0 saturated carbocycles. The van der Waals surface area contributed by atoms with Crippen molar-refractivity contribution in [2.24, 2.45) is 11.1 Å². The van der Waals surface area contributed by atoms with Crippen LogP contribution >= 0.6 is 0 Å². The summed E-state index contributed by atoms with van der Waals surface area (Å²) in [5.41, 5.74) is 13.3. The minimum atomic E-state index is -0.923. The summed E-state index contributed by atoms with van der Waals surface area (Å²) in [6.45, 7) is 9.90. The van der Waals surface area contributed by atoms with E-state index in [9.17, 15) is 14.4 Å². The van der Waals surface area contributed by atoms with E-state index in [1.165, 1.54) is 9.91 Å². The minimum Gasteiger partial charge on any atom is -0.351 e. The SMILES string of the molecule is Cc1ccc(N(C(N)=O)C2CC(c3ccccc3)CC(c3ccccc3)N(NC(=O)CC(C)(C)C)C2=O)cc1C. The molecule has 1 heterocycles. The van der Waals surface area contributed by atoms with Gasteiger partial charge in [-0.05, 0) is 72.4 Å². The maximum atomic E-state index is 14.5. The normalized spacial score (nSPS) is 19.6. The number of urea groups is 1. The predicted octanol–water partition coefficient (Wildman–Crippen LogP) is 6.17. The van der Waals surface area contributed by atoms with Crippen LogP contribution in [0.1, 0.15) is 74.2 Å². The summed E-state index contributed by atoms with van der Waals surface area (Å²) < 4.78 is 0. The molecule has 0 aromatic heterocycles. The van der Waals surface area contributed by atoms with Crippen molar-refractivity contribution in [3.8, 4) is 0 Å². The molecule has 210 valence electrons. The Morgan fingerprint density at radius 1 is 0.900 bits per heavy atom. The molecule has 3 atom stereocenters. The van der Waals surface area contributed by atoms with E-state index < -0.39 is 18.1 Å². The molecule has 0 aliphatic carbocycles. The van der Waals surface area contributed by atoms with Crippen LogP contribution in [-0.4, -0.2) is 28.9 Å². The highest BCUT2D eigenvalue weighted by molar-refractivity contribution is 6.00. The van der Waals surface area contributed by atoms with Crippen molar-refractivity contribution >= 4 is 23.5 Å². The van der Waals surface area contributed by atoms with E-state index in [0.717, 1.165) is 22.3 Å². The van der Waals surface area contributed by atoms with Crippen molar-refractivity contribution in [1.29, 1.82) is 0 Å². The summed E-state index contributed by atoms with van der Waals surface area (Å²) in [5, 5.41) is 1.45. The molecule has 1 aliphatic heterocycles. The third kappa shape index (κ3) is 6.71. The summed E-state index contributed by atoms with van der Waals surface area (Å²) in [6.07, 6.45) is 1.15. The largest absolute Gasteiger partial charge is 0.351 e. The highest BCUT2D eigenvalue weighted by Gasteiger charge is 2.43. The lowest BCUT2D eigenvalue weighted by Gasteiger charge is -2.35. The van der Waals surface area contributed by atoms with Crippen molar-refractivity contribution in [3.63, 3.8) is 0 Å². The van der Waals surface area contributed by atoms with Crippen LogP contribution in [0.5, 0.6) is 0 Å². The second kappa shape index (κ2) is 11.9. The van der Waals surface area contributed by atoms with Crippen LogP contribution in [0.2, 0.25) is 0 Å².